The number of carboxylic acid groups (broad SMARTS) is 1. The molecule has 0 amide bonds. The number of nitrogens with one attached hydrogen (secondary N) is 1. The van der Waals surface area contributed by atoms with Crippen molar-refractivity contribution in [2.75, 3.05) is 11.9 Å². The summed E-state index contributed by atoms with van der Waals surface area (Å²) in [6.07, 6.45) is 3.34. The molecule has 1 unspecified atom stereocenters. The van der Waals surface area contributed by atoms with Crippen molar-refractivity contribution in [3.8, 4) is 6.07 Å². The topological polar surface area (TPSA) is 86.0 Å². The standard InChI is InChI=1S/C16H23N3O2/c1-16(2,3)13(6-7-14(20)21)8-10-19-15-12(11-17)5-4-9-18-15/h4-5,9,13H,6-8,10H2,1-3H3,(H,18,19)(H,20,21). The number of anilines is 1. The summed E-state index contributed by atoms with van der Waals surface area (Å²) in [6.45, 7) is 7.05. The van der Waals surface area contributed by atoms with Gasteiger partial charge in [0.2, 0.25) is 0 Å². The van der Waals surface area contributed by atoms with Crippen LogP contribution in [0.1, 0.15) is 45.6 Å². The molecule has 0 bridgehead atoms. The van der Waals surface area contributed by atoms with E-state index < -0.39 is 5.97 Å². The second-order valence-corrected chi connectivity index (χ2v) is 6.22. The lowest BCUT2D eigenvalue weighted by molar-refractivity contribution is -0.137. The summed E-state index contributed by atoms with van der Waals surface area (Å²) in [5.74, 6) is 0.134. The molecular weight excluding hydrogens is 266 g/mol. The van der Waals surface area contributed by atoms with Crippen LogP contribution in [0.2, 0.25) is 0 Å². The number of carboxylic acids is 1. The molecule has 2 N–H and O–H groups in total. The Kier molecular flexibility index (Phi) is 6.16. The van der Waals surface area contributed by atoms with Crippen molar-refractivity contribution >= 4 is 11.8 Å². The average molecular weight is 289 g/mol. The molecule has 1 rings (SSSR count). The molecule has 1 heterocycles. The number of nitriles is 1. The van der Waals surface area contributed by atoms with E-state index in [-0.39, 0.29) is 11.8 Å². The predicted octanol–water partition coefficient (Wildman–Crippen LogP) is 3.28. The van der Waals surface area contributed by atoms with Crippen molar-refractivity contribution in [2.45, 2.75) is 40.0 Å². The Bertz CT molecular complexity index is 515. The maximum atomic E-state index is 10.7. The first-order valence-electron chi connectivity index (χ1n) is 7.15. The van der Waals surface area contributed by atoms with Crippen molar-refractivity contribution in [1.29, 1.82) is 5.26 Å². The fraction of sp³-hybridized carbons (Fsp3) is 0.562. The van der Waals surface area contributed by atoms with Crippen LogP contribution < -0.4 is 5.32 Å². The molecule has 0 spiro atoms. The zero-order valence-electron chi connectivity index (χ0n) is 12.9. The Morgan fingerprint density at radius 3 is 2.76 bits per heavy atom. The van der Waals surface area contributed by atoms with Gasteiger partial charge in [-0.25, -0.2) is 4.98 Å². The van der Waals surface area contributed by atoms with E-state index in [9.17, 15) is 4.79 Å². The van der Waals surface area contributed by atoms with Gasteiger partial charge in [0.15, 0.2) is 0 Å². The monoisotopic (exact) mass is 289 g/mol. The predicted molar refractivity (Wildman–Crippen MR) is 81.9 cm³/mol. The third-order valence-corrected chi connectivity index (χ3v) is 3.64. The number of aliphatic carboxylic acids is 1. The Hall–Kier alpha value is -2.09. The Labute approximate surface area is 126 Å². The van der Waals surface area contributed by atoms with Gasteiger partial charge in [0.25, 0.3) is 0 Å². The van der Waals surface area contributed by atoms with Crippen molar-refractivity contribution in [2.24, 2.45) is 11.3 Å². The Balaban J connectivity index is 2.57. The van der Waals surface area contributed by atoms with E-state index in [1.54, 1.807) is 18.3 Å². The van der Waals surface area contributed by atoms with E-state index in [2.05, 4.69) is 37.1 Å². The van der Waals surface area contributed by atoms with Crippen LogP contribution in [0.3, 0.4) is 0 Å². The number of rotatable bonds is 7. The van der Waals surface area contributed by atoms with Crippen LogP contribution in [0.5, 0.6) is 0 Å². The zero-order valence-corrected chi connectivity index (χ0v) is 12.9. The molecule has 0 radical (unpaired) electrons. The van der Waals surface area contributed by atoms with Gasteiger partial charge in [0.1, 0.15) is 11.9 Å². The van der Waals surface area contributed by atoms with Crippen molar-refractivity contribution < 1.29 is 9.90 Å². The van der Waals surface area contributed by atoms with E-state index in [1.807, 2.05) is 0 Å². The minimum absolute atomic E-state index is 0.0549. The SMILES string of the molecule is CC(C)(C)C(CCNc1ncccc1C#N)CCC(=O)O. The summed E-state index contributed by atoms with van der Waals surface area (Å²) >= 11 is 0. The lowest BCUT2D eigenvalue weighted by Gasteiger charge is -2.30. The van der Waals surface area contributed by atoms with Gasteiger partial charge in [0, 0.05) is 19.2 Å². The van der Waals surface area contributed by atoms with Gasteiger partial charge in [-0.3, -0.25) is 4.79 Å². The second-order valence-electron chi connectivity index (χ2n) is 6.22. The molecule has 1 atom stereocenters. The second kappa shape index (κ2) is 7.63. The highest BCUT2D eigenvalue weighted by Crippen LogP contribution is 2.32. The number of hydrogen-bond acceptors (Lipinski definition) is 4. The van der Waals surface area contributed by atoms with Crippen LogP contribution in [0.15, 0.2) is 18.3 Å². The lowest BCUT2D eigenvalue weighted by Crippen LogP contribution is -2.24. The van der Waals surface area contributed by atoms with Gasteiger partial charge in [-0.2, -0.15) is 5.26 Å². The largest absolute Gasteiger partial charge is 0.481 e. The highest BCUT2D eigenvalue weighted by Gasteiger charge is 2.24. The minimum atomic E-state index is -0.756. The molecule has 0 aromatic carbocycles. The zero-order chi connectivity index (χ0) is 15.9. The van der Waals surface area contributed by atoms with Crippen molar-refractivity contribution in [1.82, 2.24) is 4.98 Å². The Morgan fingerprint density at radius 2 is 2.19 bits per heavy atom. The van der Waals surface area contributed by atoms with E-state index in [0.717, 1.165) is 6.42 Å². The molecular formula is C16H23N3O2. The third-order valence-electron chi connectivity index (χ3n) is 3.64. The number of carbonyl (C=O) groups is 1. The van der Waals surface area contributed by atoms with E-state index in [4.69, 9.17) is 10.4 Å². The molecule has 1 aromatic heterocycles. The van der Waals surface area contributed by atoms with Gasteiger partial charge in [0.05, 0.1) is 5.56 Å². The van der Waals surface area contributed by atoms with Gasteiger partial charge in [-0.1, -0.05) is 20.8 Å². The van der Waals surface area contributed by atoms with Gasteiger partial charge in [-0.15, -0.1) is 0 Å². The van der Waals surface area contributed by atoms with Crippen LogP contribution >= 0.6 is 0 Å². The molecule has 21 heavy (non-hydrogen) atoms. The number of hydrogen-bond donors (Lipinski definition) is 2. The molecule has 5 heteroatoms. The van der Waals surface area contributed by atoms with Gasteiger partial charge in [-0.05, 0) is 36.3 Å². The molecule has 0 aliphatic carbocycles. The fourth-order valence-electron chi connectivity index (χ4n) is 2.31. The summed E-state index contributed by atoms with van der Waals surface area (Å²) in [5.41, 5.74) is 0.578. The van der Waals surface area contributed by atoms with Crippen molar-refractivity contribution in [3.63, 3.8) is 0 Å². The normalized spacial score (nSPS) is 12.5. The smallest absolute Gasteiger partial charge is 0.303 e. The summed E-state index contributed by atoms with van der Waals surface area (Å²) in [5, 5.41) is 21.0. The van der Waals surface area contributed by atoms with Gasteiger partial charge < -0.3 is 10.4 Å². The first-order chi connectivity index (χ1) is 9.84. The summed E-state index contributed by atoms with van der Waals surface area (Å²) in [7, 11) is 0. The molecule has 0 saturated heterocycles. The molecule has 0 aliphatic rings. The number of pyridine rings is 1. The first-order valence-corrected chi connectivity index (χ1v) is 7.15. The average Bonchev–Trinajstić information content (AvgIpc) is 2.41. The lowest BCUT2D eigenvalue weighted by atomic mass is 9.76. The van der Waals surface area contributed by atoms with E-state index >= 15 is 0 Å². The highest BCUT2D eigenvalue weighted by molar-refractivity contribution is 5.66. The number of nitrogens with zero attached hydrogens (tertiary/aromatic N) is 2. The van der Waals surface area contributed by atoms with Crippen LogP contribution in [-0.4, -0.2) is 22.6 Å². The highest BCUT2D eigenvalue weighted by atomic mass is 16.4. The van der Waals surface area contributed by atoms with Crippen LogP contribution in [0, 0.1) is 22.7 Å². The van der Waals surface area contributed by atoms with E-state index in [0.29, 0.717) is 30.3 Å². The molecule has 0 saturated carbocycles. The quantitative estimate of drug-likeness (QED) is 0.804. The molecule has 0 fully saturated rings. The molecule has 5 nitrogen and oxygen atoms in total. The van der Waals surface area contributed by atoms with E-state index in [1.165, 1.54) is 0 Å². The number of aromatic nitrogens is 1. The van der Waals surface area contributed by atoms with Crippen LogP contribution in [-0.2, 0) is 4.79 Å². The maximum absolute atomic E-state index is 10.7. The maximum Gasteiger partial charge on any atom is 0.303 e. The summed E-state index contributed by atoms with van der Waals surface area (Å²) in [6, 6.07) is 5.56. The molecule has 1 aromatic rings. The third kappa shape index (κ3) is 5.82. The minimum Gasteiger partial charge on any atom is -0.481 e. The molecule has 0 aliphatic heterocycles. The first kappa shape index (κ1) is 17.0. The van der Waals surface area contributed by atoms with Gasteiger partial charge >= 0.3 is 5.97 Å². The fourth-order valence-corrected chi connectivity index (χ4v) is 2.31. The van der Waals surface area contributed by atoms with Crippen molar-refractivity contribution in [3.05, 3.63) is 23.9 Å². The van der Waals surface area contributed by atoms with Crippen LogP contribution in [0.25, 0.3) is 0 Å². The van der Waals surface area contributed by atoms with Crippen LogP contribution in [0.4, 0.5) is 5.82 Å². The summed E-state index contributed by atoms with van der Waals surface area (Å²) < 4.78 is 0. The molecule has 114 valence electrons. The Morgan fingerprint density at radius 1 is 1.48 bits per heavy atom. The summed E-state index contributed by atoms with van der Waals surface area (Å²) in [4.78, 5) is 14.9.